The number of halogens is 1. The van der Waals surface area contributed by atoms with Crippen LogP contribution in [0.3, 0.4) is 0 Å². The molecule has 0 radical (unpaired) electrons. The first kappa shape index (κ1) is 37.3. The van der Waals surface area contributed by atoms with Gasteiger partial charge >= 0.3 is 5.97 Å². The molecule has 2 aromatic rings. The fraction of sp³-hybridized carbons (Fsp3) is 0.657. The Bertz CT molecular complexity index is 1150. The number of ether oxygens (including phenoxy) is 2. The van der Waals surface area contributed by atoms with Crippen molar-refractivity contribution in [2.75, 3.05) is 57.2 Å². The van der Waals surface area contributed by atoms with Crippen LogP contribution in [0.25, 0.3) is 0 Å². The molecule has 1 aliphatic heterocycles. The highest BCUT2D eigenvalue weighted by Gasteiger charge is 2.32. The summed E-state index contributed by atoms with van der Waals surface area (Å²) in [5.41, 5.74) is 3.39. The molecule has 9 heteroatoms. The van der Waals surface area contributed by atoms with Gasteiger partial charge < -0.3 is 24.8 Å². The molecule has 0 fully saturated rings. The molecule has 248 valence electrons. The van der Waals surface area contributed by atoms with Crippen molar-refractivity contribution in [2.24, 2.45) is 0 Å². The molecule has 1 aromatic carbocycles. The minimum absolute atomic E-state index is 0.00129. The molecule has 0 amide bonds. The highest BCUT2D eigenvalue weighted by atomic mass is 19.1. The number of aliphatic carboxylic acids is 1. The summed E-state index contributed by atoms with van der Waals surface area (Å²) >= 11 is 0. The van der Waals surface area contributed by atoms with Gasteiger partial charge in [0.2, 0.25) is 0 Å². The number of carbonyl (C=O) groups is 1. The second-order valence-corrected chi connectivity index (χ2v) is 12.1. The number of pyridine rings is 1. The smallest absolute Gasteiger partial charge is 0.325 e. The average Bonchev–Trinajstić information content (AvgIpc) is 2.98. The zero-order valence-electron chi connectivity index (χ0n) is 28.4. The Morgan fingerprint density at radius 2 is 1.86 bits per heavy atom. The van der Waals surface area contributed by atoms with E-state index in [1.54, 1.807) is 6.07 Å². The first-order valence-corrected chi connectivity index (χ1v) is 16.5. The lowest BCUT2D eigenvalue weighted by Gasteiger charge is -2.31. The Morgan fingerprint density at radius 1 is 1.14 bits per heavy atom. The number of fused-ring (bicyclic) bond motifs is 1. The molecule has 1 aromatic heterocycles. The number of hydrogen-bond acceptors (Lipinski definition) is 7. The normalized spacial score (nSPS) is 14.0. The predicted octanol–water partition coefficient (Wildman–Crippen LogP) is 7.68. The summed E-state index contributed by atoms with van der Waals surface area (Å²) in [6, 6.07) is 6.49. The summed E-state index contributed by atoms with van der Waals surface area (Å²) in [6.07, 6.45) is 6.70. The van der Waals surface area contributed by atoms with Crippen molar-refractivity contribution < 1.29 is 23.8 Å². The van der Waals surface area contributed by atoms with Crippen LogP contribution in [0.5, 0.6) is 5.75 Å². The van der Waals surface area contributed by atoms with Crippen LogP contribution < -0.4 is 15.0 Å². The molecule has 2 unspecified atom stereocenters. The standard InChI is InChI=1S/C32H49FN4O4.C3H8/c1-7-16-37(29(32(38)39)26-20-24(22(2)3)21-27(33)30(26)40-6)17-14-23(4)41-19-10-8-9-11-25-12-13-28-31(35-25)34-15-18-36(28)5;1-3-2/h12-13,20-23,29H,7-11,14-19H2,1-6H3,(H,34,35)(H,38,39);3H2,1-2H3. The van der Waals surface area contributed by atoms with E-state index in [2.05, 4.69) is 43.2 Å². The number of likely N-dealkylation sites (N-methyl/N-ethyl adjacent to an activating group) is 1. The van der Waals surface area contributed by atoms with E-state index in [4.69, 9.17) is 14.5 Å². The Kier molecular flexibility index (Phi) is 16.5. The van der Waals surface area contributed by atoms with E-state index in [-0.39, 0.29) is 17.8 Å². The number of carboxylic acid groups (broad SMARTS) is 1. The van der Waals surface area contributed by atoms with Crippen LogP contribution in [-0.2, 0) is 16.0 Å². The maximum absolute atomic E-state index is 14.9. The number of methoxy groups -OCH3 is 1. The number of carboxylic acids is 1. The molecule has 2 heterocycles. The van der Waals surface area contributed by atoms with Crippen molar-refractivity contribution >= 4 is 17.5 Å². The van der Waals surface area contributed by atoms with E-state index in [1.807, 2.05) is 32.6 Å². The molecule has 1 aliphatic rings. The number of aryl methyl sites for hydroxylation is 1. The molecule has 0 aliphatic carbocycles. The summed E-state index contributed by atoms with van der Waals surface area (Å²) in [7, 11) is 3.48. The van der Waals surface area contributed by atoms with Crippen LogP contribution in [0.1, 0.15) is 109 Å². The van der Waals surface area contributed by atoms with Crippen molar-refractivity contribution in [3.8, 4) is 5.75 Å². The average molecular weight is 617 g/mol. The van der Waals surface area contributed by atoms with Crippen LogP contribution >= 0.6 is 0 Å². The SMILES string of the molecule is CCC.CCCN(CCC(C)OCCCCCc1ccc2c(n1)NCCN2C)C(C(=O)O)c1cc(C(C)C)cc(F)c1OC. The van der Waals surface area contributed by atoms with E-state index < -0.39 is 17.8 Å². The second-order valence-electron chi connectivity index (χ2n) is 12.1. The number of benzene rings is 1. The summed E-state index contributed by atoms with van der Waals surface area (Å²) in [5.74, 6) is -0.500. The van der Waals surface area contributed by atoms with Gasteiger partial charge in [-0.1, -0.05) is 47.5 Å². The molecular weight excluding hydrogens is 559 g/mol. The van der Waals surface area contributed by atoms with Gasteiger partial charge in [0.05, 0.1) is 18.9 Å². The topological polar surface area (TPSA) is 87.2 Å². The Balaban J connectivity index is 0.00000216. The minimum Gasteiger partial charge on any atom is -0.493 e. The predicted molar refractivity (Wildman–Crippen MR) is 179 cm³/mol. The van der Waals surface area contributed by atoms with Gasteiger partial charge in [0.25, 0.3) is 0 Å². The lowest BCUT2D eigenvalue weighted by molar-refractivity contribution is -0.144. The summed E-state index contributed by atoms with van der Waals surface area (Å²) in [6.45, 7) is 15.9. The van der Waals surface area contributed by atoms with Gasteiger partial charge in [0.1, 0.15) is 11.9 Å². The fourth-order valence-electron chi connectivity index (χ4n) is 5.36. The zero-order chi connectivity index (χ0) is 32.6. The number of nitrogens with one attached hydrogen (secondary N) is 1. The third-order valence-corrected chi connectivity index (χ3v) is 7.75. The van der Waals surface area contributed by atoms with Crippen molar-refractivity contribution in [3.63, 3.8) is 0 Å². The number of aromatic nitrogens is 1. The summed E-state index contributed by atoms with van der Waals surface area (Å²) in [5, 5.41) is 13.6. The summed E-state index contributed by atoms with van der Waals surface area (Å²) in [4.78, 5) is 21.4. The van der Waals surface area contributed by atoms with Gasteiger partial charge in [0, 0.05) is 44.5 Å². The molecule has 2 atom stereocenters. The lowest BCUT2D eigenvalue weighted by atomic mass is 9.95. The maximum Gasteiger partial charge on any atom is 0.325 e. The molecule has 8 nitrogen and oxygen atoms in total. The van der Waals surface area contributed by atoms with Gasteiger partial charge in [-0.2, -0.15) is 0 Å². The quantitative estimate of drug-likeness (QED) is 0.175. The van der Waals surface area contributed by atoms with E-state index >= 15 is 0 Å². The van der Waals surface area contributed by atoms with Crippen molar-refractivity contribution in [2.45, 2.75) is 105 Å². The van der Waals surface area contributed by atoms with Crippen LogP contribution in [-0.4, -0.2) is 74.0 Å². The zero-order valence-corrected chi connectivity index (χ0v) is 28.4. The van der Waals surface area contributed by atoms with Crippen LogP contribution in [0.2, 0.25) is 0 Å². The van der Waals surface area contributed by atoms with Gasteiger partial charge in [-0.15, -0.1) is 0 Å². The molecule has 0 spiro atoms. The maximum atomic E-state index is 14.9. The molecule has 0 saturated carbocycles. The highest BCUT2D eigenvalue weighted by molar-refractivity contribution is 5.77. The number of hydrogen-bond donors (Lipinski definition) is 2. The molecule has 44 heavy (non-hydrogen) atoms. The third-order valence-electron chi connectivity index (χ3n) is 7.75. The number of rotatable bonds is 17. The molecule has 0 saturated heterocycles. The molecule has 2 N–H and O–H groups in total. The van der Waals surface area contributed by atoms with E-state index in [0.29, 0.717) is 31.7 Å². The van der Waals surface area contributed by atoms with Crippen LogP contribution in [0.4, 0.5) is 15.9 Å². The van der Waals surface area contributed by atoms with Gasteiger partial charge in [-0.25, -0.2) is 9.37 Å². The second kappa shape index (κ2) is 19.5. The minimum atomic E-state index is -1.01. The van der Waals surface area contributed by atoms with Crippen molar-refractivity contribution in [3.05, 3.63) is 46.9 Å². The van der Waals surface area contributed by atoms with E-state index in [0.717, 1.165) is 68.0 Å². The third kappa shape index (κ3) is 11.2. The molecular formula is C35H57FN4O4. The van der Waals surface area contributed by atoms with Crippen LogP contribution in [0, 0.1) is 5.82 Å². The largest absolute Gasteiger partial charge is 0.493 e. The number of nitrogens with zero attached hydrogens (tertiary/aromatic N) is 3. The monoisotopic (exact) mass is 616 g/mol. The lowest BCUT2D eigenvalue weighted by Crippen LogP contribution is -2.37. The van der Waals surface area contributed by atoms with E-state index in [1.165, 1.54) is 19.6 Å². The number of anilines is 2. The summed E-state index contributed by atoms with van der Waals surface area (Å²) < 4.78 is 26.3. The highest BCUT2D eigenvalue weighted by Crippen LogP contribution is 2.35. The Labute approximate surface area is 265 Å². The van der Waals surface area contributed by atoms with Gasteiger partial charge in [-0.3, -0.25) is 9.69 Å². The first-order valence-electron chi connectivity index (χ1n) is 16.5. The Morgan fingerprint density at radius 3 is 2.50 bits per heavy atom. The molecule has 3 rings (SSSR count). The van der Waals surface area contributed by atoms with Crippen molar-refractivity contribution in [1.29, 1.82) is 0 Å². The Hall–Kier alpha value is -2.91. The van der Waals surface area contributed by atoms with Gasteiger partial charge in [0.15, 0.2) is 11.6 Å². The molecule has 0 bridgehead atoms. The van der Waals surface area contributed by atoms with Crippen LogP contribution in [0.15, 0.2) is 24.3 Å². The van der Waals surface area contributed by atoms with Gasteiger partial charge in [-0.05, 0) is 81.3 Å². The number of unbranched alkanes of at least 4 members (excludes halogenated alkanes) is 2. The van der Waals surface area contributed by atoms with Crippen molar-refractivity contribution in [1.82, 2.24) is 9.88 Å². The van der Waals surface area contributed by atoms with E-state index in [9.17, 15) is 14.3 Å². The first-order chi connectivity index (χ1) is 21.1. The fourth-order valence-corrected chi connectivity index (χ4v) is 5.36.